The highest BCUT2D eigenvalue weighted by Gasteiger charge is 2.30. The van der Waals surface area contributed by atoms with Crippen LogP contribution in [-0.4, -0.2) is 6.18 Å². The monoisotopic (exact) mass is 177 g/mol. The number of nitrogens with two attached hydrogens (primary N) is 1. The Morgan fingerprint density at radius 1 is 1.33 bits per heavy atom. The minimum absolute atomic E-state index is 0.627. The summed E-state index contributed by atoms with van der Waals surface area (Å²) in [6.45, 7) is 5.01. The van der Waals surface area contributed by atoms with Crippen molar-refractivity contribution < 1.29 is 13.2 Å². The lowest BCUT2D eigenvalue weighted by Gasteiger charge is -2.04. The molecule has 0 amide bonds. The summed E-state index contributed by atoms with van der Waals surface area (Å²) >= 11 is 0. The van der Waals surface area contributed by atoms with Crippen LogP contribution in [0.4, 0.5) is 13.2 Å². The molecule has 0 aromatic heterocycles. The molecule has 0 atom stereocenters. The lowest BCUT2D eigenvalue weighted by atomic mass is 10.2. The van der Waals surface area contributed by atoms with Gasteiger partial charge in [-0.25, -0.2) is 0 Å². The molecule has 0 aromatic carbocycles. The zero-order chi connectivity index (χ0) is 9.78. The summed E-state index contributed by atoms with van der Waals surface area (Å²) in [4.78, 5) is 0. The Morgan fingerprint density at radius 2 is 1.83 bits per heavy atom. The molecule has 4 heteroatoms. The lowest BCUT2D eigenvalue weighted by molar-refractivity contribution is -0.0926. The summed E-state index contributed by atoms with van der Waals surface area (Å²) in [5.74, 6) is 0. The molecule has 1 nitrogen and oxygen atoms in total. The van der Waals surface area contributed by atoms with Crippen molar-refractivity contribution in [2.45, 2.75) is 13.1 Å². The lowest BCUT2D eigenvalue weighted by Crippen LogP contribution is -2.18. The molecular formula is C8H10F3N. The minimum atomic E-state index is -4.45. The third kappa shape index (κ3) is 3.85. The van der Waals surface area contributed by atoms with E-state index in [0.29, 0.717) is 5.57 Å². The van der Waals surface area contributed by atoms with Crippen LogP contribution >= 0.6 is 0 Å². The topological polar surface area (TPSA) is 26.0 Å². The Kier molecular flexibility index (Phi) is 3.60. The van der Waals surface area contributed by atoms with Crippen LogP contribution in [0.15, 0.2) is 36.1 Å². The highest BCUT2D eigenvalue weighted by atomic mass is 19.4. The van der Waals surface area contributed by atoms with E-state index in [0.717, 1.165) is 6.08 Å². The van der Waals surface area contributed by atoms with Gasteiger partial charge in [-0.2, -0.15) is 13.2 Å². The van der Waals surface area contributed by atoms with Gasteiger partial charge < -0.3 is 5.73 Å². The van der Waals surface area contributed by atoms with Crippen molar-refractivity contribution in [2.24, 2.45) is 5.73 Å². The van der Waals surface area contributed by atoms with E-state index in [2.05, 4.69) is 6.58 Å². The molecule has 0 aliphatic heterocycles. The second-order valence-electron chi connectivity index (χ2n) is 2.23. The van der Waals surface area contributed by atoms with Gasteiger partial charge in [0.25, 0.3) is 0 Å². The van der Waals surface area contributed by atoms with E-state index in [4.69, 9.17) is 5.73 Å². The Hall–Kier alpha value is -1.19. The molecule has 0 unspecified atom stereocenters. The standard InChI is InChI=1S/C8H10F3N/c1-3-6(2)4-5-7(12)8(9,10)11/h3-5H,1,12H2,2H3/b6-4-,7-5-. The van der Waals surface area contributed by atoms with Crippen molar-refractivity contribution in [3.8, 4) is 0 Å². The fraction of sp³-hybridized carbons (Fsp3) is 0.250. The maximum atomic E-state index is 11.8. The third-order valence-corrected chi connectivity index (χ3v) is 1.18. The largest absolute Gasteiger partial charge is 0.430 e. The maximum absolute atomic E-state index is 11.8. The number of alkyl halides is 3. The molecular weight excluding hydrogens is 167 g/mol. The van der Waals surface area contributed by atoms with Crippen LogP contribution in [0.2, 0.25) is 0 Å². The van der Waals surface area contributed by atoms with Crippen LogP contribution in [0.1, 0.15) is 6.92 Å². The first-order valence-corrected chi connectivity index (χ1v) is 3.21. The average Bonchev–Trinajstić information content (AvgIpc) is 1.97. The van der Waals surface area contributed by atoms with Crippen LogP contribution in [0.3, 0.4) is 0 Å². The Labute approximate surface area is 69.1 Å². The molecule has 0 fully saturated rings. The van der Waals surface area contributed by atoms with Gasteiger partial charge in [-0.3, -0.25) is 0 Å². The van der Waals surface area contributed by atoms with Gasteiger partial charge in [0, 0.05) is 0 Å². The van der Waals surface area contributed by atoms with E-state index < -0.39 is 11.9 Å². The Balaban J connectivity index is 4.49. The van der Waals surface area contributed by atoms with Crippen LogP contribution < -0.4 is 5.73 Å². The molecule has 0 aliphatic rings. The smallest absolute Gasteiger partial charge is 0.395 e. The Morgan fingerprint density at radius 3 is 2.17 bits per heavy atom. The van der Waals surface area contributed by atoms with Crippen molar-refractivity contribution >= 4 is 0 Å². The predicted molar refractivity (Wildman–Crippen MR) is 42.3 cm³/mol. The summed E-state index contributed by atoms with van der Waals surface area (Å²) < 4.78 is 35.3. The first kappa shape index (κ1) is 10.8. The van der Waals surface area contributed by atoms with Crippen LogP contribution in [0.5, 0.6) is 0 Å². The zero-order valence-corrected chi connectivity index (χ0v) is 6.65. The van der Waals surface area contributed by atoms with Gasteiger partial charge in [0.1, 0.15) is 5.70 Å². The maximum Gasteiger partial charge on any atom is 0.430 e. The highest BCUT2D eigenvalue weighted by Crippen LogP contribution is 2.21. The number of rotatable bonds is 2. The first-order valence-electron chi connectivity index (χ1n) is 3.21. The molecule has 0 heterocycles. The van der Waals surface area contributed by atoms with Crippen molar-refractivity contribution in [3.05, 3.63) is 36.1 Å². The quantitative estimate of drug-likeness (QED) is 0.644. The van der Waals surface area contributed by atoms with Crippen molar-refractivity contribution in [1.82, 2.24) is 0 Å². The van der Waals surface area contributed by atoms with E-state index in [1.807, 2.05) is 0 Å². The number of hydrogen-bond acceptors (Lipinski definition) is 1. The van der Waals surface area contributed by atoms with E-state index in [-0.39, 0.29) is 0 Å². The molecule has 0 spiro atoms. The second-order valence-corrected chi connectivity index (χ2v) is 2.23. The van der Waals surface area contributed by atoms with Crippen molar-refractivity contribution in [2.75, 3.05) is 0 Å². The molecule has 0 rings (SSSR count). The van der Waals surface area contributed by atoms with Crippen molar-refractivity contribution in [3.63, 3.8) is 0 Å². The van der Waals surface area contributed by atoms with E-state index in [9.17, 15) is 13.2 Å². The molecule has 0 aromatic rings. The predicted octanol–water partition coefficient (Wildman–Crippen LogP) is 2.52. The van der Waals surface area contributed by atoms with Crippen LogP contribution in [0.25, 0.3) is 0 Å². The fourth-order valence-corrected chi connectivity index (χ4v) is 0.384. The minimum Gasteiger partial charge on any atom is -0.395 e. The molecule has 0 radical (unpaired) electrons. The van der Waals surface area contributed by atoms with Gasteiger partial charge >= 0.3 is 6.18 Å². The van der Waals surface area contributed by atoms with Gasteiger partial charge in [-0.05, 0) is 13.0 Å². The molecule has 0 saturated carbocycles. The summed E-state index contributed by atoms with van der Waals surface area (Å²) in [5, 5.41) is 0. The summed E-state index contributed by atoms with van der Waals surface area (Å²) in [6.07, 6.45) is -0.926. The van der Waals surface area contributed by atoms with E-state index in [1.165, 1.54) is 12.2 Å². The van der Waals surface area contributed by atoms with E-state index >= 15 is 0 Å². The summed E-state index contributed by atoms with van der Waals surface area (Å²) in [7, 11) is 0. The average molecular weight is 177 g/mol. The van der Waals surface area contributed by atoms with Gasteiger partial charge in [-0.1, -0.05) is 24.3 Å². The van der Waals surface area contributed by atoms with E-state index in [1.54, 1.807) is 6.92 Å². The Bertz CT molecular complexity index is 223. The van der Waals surface area contributed by atoms with Gasteiger partial charge in [0.15, 0.2) is 0 Å². The molecule has 0 saturated heterocycles. The first-order chi connectivity index (χ1) is 5.38. The SMILES string of the molecule is C=C/C(C)=C\C=C(/N)C(F)(F)F. The summed E-state index contributed by atoms with van der Waals surface area (Å²) in [6, 6.07) is 0. The van der Waals surface area contributed by atoms with Crippen LogP contribution in [0, 0.1) is 0 Å². The summed E-state index contributed by atoms with van der Waals surface area (Å²) in [5.41, 5.74) is 4.23. The van der Waals surface area contributed by atoms with Gasteiger partial charge in [-0.15, -0.1) is 0 Å². The number of allylic oxidation sites excluding steroid dienone is 5. The molecule has 0 aliphatic carbocycles. The normalized spacial score (nSPS) is 14.7. The second kappa shape index (κ2) is 3.99. The van der Waals surface area contributed by atoms with Gasteiger partial charge in [0.2, 0.25) is 0 Å². The third-order valence-electron chi connectivity index (χ3n) is 1.18. The number of halogens is 3. The van der Waals surface area contributed by atoms with Crippen molar-refractivity contribution in [1.29, 1.82) is 0 Å². The zero-order valence-electron chi connectivity index (χ0n) is 6.65. The molecule has 2 N–H and O–H groups in total. The fourth-order valence-electron chi connectivity index (χ4n) is 0.384. The highest BCUT2D eigenvalue weighted by molar-refractivity contribution is 5.23. The molecule has 0 bridgehead atoms. The van der Waals surface area contributed by atoms with Gasteiger partial charge in [0.05, 0.1) is 0 Å². The number of hydrogen-bond donors (Lipinski definition) is 1. The molecule has 12 heavy (non-hydrogen) atoms. The van der Waals surface area contributed by atoms with Crippen LogP contribution in [-0.2, 0) is 0 Å². The molecule has 68 valence electrons.